The van der Waals surface area contributed by atoms with E-state index in [4.69, 9.17) is 0 Å². The number of carbonyl (C=O) groups excluding carboxylic acids is 1. The molecule has 1 aromatic heterocycles. The lowest BCUT2D eigenvalue weighted by molar-refractivity contribution is -0.149. The maximum absolute atomic E-state index is 12.4. The molecule has 2 N–H and O–H groups in total. The van der Waals surface area contributed by atoms with Crippen molar-refractivity contribution in [2.24, 2.45) is 30.7 Å². The number of hydrogen-bond donors (Lipinski definition) is 2. The molecule has 1 amide bonds. The first kappa shape index (κ1) is 14.1. The molecule has 0 spiro atoms. The quantitative estimate of drug-likeness (QED) is 0.869. The van der Waals surface area contributed by atoms with Gasteiger partial charge in [-0.25, -0.2) is 0 Å². The van der Waals surface area contributed by atoms with Crippen LogP contribution in [-0.2, 0) is 23.2 Å². The Labute approximate surface area is 123 Å². The SMILES string of the molecule is Cc1nn(C)cc1CNC(=O)[C@@H]1[C@H]2CC[C@@H](C2)[C@H]1C(=O)O. The van der Waals surface area contributed by atoms with Gasteiger partial charge in [-0.2, -0.15) is 5.10 Å². The van der Waals surface area contributed by atoms with E-state index in [2.05, 4.69) is 10.4 Å². The summed E-state index contributed by atoms with van der Waals surface area (Å²) >= 11 is 0. The number of carboxylic acid groups (broad SMARTS) is 1. The lowest BCUT2D eigenvalue weighted by atomic mass is 9.78. The molecule has 114 valence electrons. The van der Waals surface area contributed by atoms with Crippen LogP contribution in [0.1, 0.15) is 30.5 Å². The molecule has 21 heavy (non-hydrogen) atoms. The summed E-state index contributed by atoms with van der Waals surface area (Å²) < 4.78 is 1.72. The van der Waals surface area contributed by atoms with Gasteiger partial charge in [0.1, 0.15) is 0 Å². The van der Waals surface area contributed by atoms with Gasteiger partial charge >= 0.3 is 5.97 Å². The van der Waals surface area contributed by atoms with Crippen molar-refractivity contribution in [3.63, 3.8) is 0 Å². The zero-order valence-electron chi connectivity index (χ0n) is 12.4. The Morgan fingerprint density at radius 1 is 1.38 bits per heavy atom. The highest BCUT2D eigenvalue weighted by molar-refractivity contribution is 5.86. The van der Waals surface area contributed by atoms with Crippen LogP contribution >= 0.6 is 0 Å². The molecule has 2 aliphatic carbocycles. The molecule has 0 aromatic carbocycles. The van der Waals surface area contributed by atoms with Crippen molar-refractivity contribution in [2.45, 2.75) is 32.7 Å². The smallest absolute Gasteiger partial charge is 0.307 e. The first-order valence-electron chi connectivity index (χ1n) is 7.47. The Kier molecular flexibility index (Phi) is 3.47. The molecule has 0 aliphatic heterocycles. The lowest BCUT2D eigenvalue weighted by Gasteiger charge is -2.27. The molecule has 1 aromatic rings. The maximum Gasteiger partial charge on any atom is 0.307 e. The summed E-state index contributed by atoms with van der Waals surface area (Å²) in [6, 6.07) is 0. The first-order chi connectivity index (χ1) is 9.97. The van der Waals surface area contributed by atoms with Gasteiger partial charge in [0.25, 0.3) is 0 Å². The first-order valence-corrected chi connectivity index (χ1v) is 7.47. The standard InChI is InChI=1S/C15H21N3O3/c1-8-11(7-18(2)17-8)6-16-14(19)12-9-3-4-10(5-9)13(12)15(20)21/h7,9-10,12-13H,3-6H2,1-2H3,(H,16,19)(H,20,21)/t9-,10-,12+,13+/m0/s1. The van der Waals surface area contributed by atoms with E-state index < -0.39 is 11.9 Å². The number of nitrogens with zero attached hydrogens (tertiary/aromatic N) is 2. The van der Waals surface area contributed by atoms with Crippen molar-refractivity contribution in [3.05, 3.63) is 17.5 Å². The average Bonchev–Trinajstić information content (AvgIpc) is 3.09. The molecule has 6 nitrogen and oxygen atoms in total. The Balaban J connectivity index is 1.67. The summed E-state index contributed by atoms with van der Waals surface area (Å²) in [5, 5.41) is 16.5. The number of aliphatic carboxylic acids is 1. The van der Waals surface area contributed by atoms with Crippen LogP contribution in [0.25, 0.3) is 0 Å². The predicted octanol–water partition coefficient (Wildman–Crippen LogP) is 1.09. The summed E-state index contributed by atoms with van der Waals surface area (Å²) in [5.74, 6) is -1.37. The molecule has 2 saturated carbocycles. The average molecular weight is 291 g/mol. The largest absolute Gasteiger partial charge is 0.481 e. The molecule has 6 heteroatoms. The van der Waals surface area contributed by atoms with Crippen LogP contribution in [0.3, 0.4) is 0 Å². The van der Waals surface area contributed by atoms with Gasteiger partial charge in [-0.1, -0.05) is 0 Å². The topological polar surface area (TPSA) is 84.2 Å². The van der Waals surface area contributed by atoms with E-state index in [0.717, 1.165) is 30.5 Å². The number of nitrogens with one attached hydrogen (secondary N) is 1. The van der Waals surface area contributed by atoms with E-state index in [1.165, 1.54) is 0 Å². The minimum Gasteiger partial charge on any atom is -0.481 e. The van der Waals surface area contributed by atoms with Crippen LogP contribution in [-0.4, -0.2) is 26.8 Å². The second-order valence-electron chi connectivity index (χ2n) is 6.35. The van der Waals surface area contributed by atoms with Gasteiger partial charge < -0.3 is 10.4 Å². The van der Waals surface area contributed by atoms with E-state index in [1.54, 1.807) is 4.68 Å². The Morgan fingerprint density at radius 3 is 2.62 bits per heavy atom. The van der Waals surface area contributed by atoms with Crippen LogP contribution in [0.4, 0.5) is 0 Å². The Morgan fingerprint density at radius 2 is 2.05 bits per heavy atom. The molecule has 0 saturated heterocycles. The van der Waals surface area contributed by atoms with Crippen molar-refractivity contribution in [3.8, 4) is 0 Å². The molecule has 4 atom stereocenters. The fourth-order valence-electron chi connectivity index (χ4n) is 4.15. The summed E-state index contributed by atoms with van der Waals surface area (Å²) in [5.41, 5.74) is 1.86. The fraction of sp³-hybridized carbons (Fsp3) is 0.667. The minimum atomic E-state index is -0.820. The normalized spacial score (nSPS) is 30.6. The van der Waals surface area contributed by atoms with Crippen molar-refractivity contribution in [2.75, 3.05) is 0 Å². The molecule has 1 heterocycles. The molecule has 0 radical (unpaired) electrons. The van der Waals surface area contributed by atoms with E-state index >= 15 is 0 Å². The Hall–Kier alpha value is -1.85. The van der Waals surface area contributed by atoms with Crippen LogP contribution < -0.4 is 5.32 Å². The van der Waals surface area contributed by atoms with Gasteiger partial charge in [-0.3, -0.25) is 14.3 Å². The van der Waals surface area contributed by atoms with Crippen LogP contribution in [0.2, 0.25) is 0 Å². The van der Waals surface area contributed by atoms with Gasteiger partial charge in [0.05, 0.1) is 17.5 Å². The zero-order valence-corrected chi connectivity index (χ0v) is 12.4. The second kappa shape index (κ2) is 5.16. The van der Waals surface area contributed by atoms with Crippen LogP contribution in [0, 0.1) is 30.6 Å². The number of fused-ring (bicyclic) bond motifs is 2. The number of rotatable bonds is 4. The number of aryl methyl sites for hydroxylation is 2. The number of hydrogen-bond acceptors (Lipinski definition) is 3. The molecule has 2 fully saturated rings. The maximum atomic E-state index is 12.4. The van der Waals surface area contributed by atoms with Gasteiger partial charge in [0.2, 0.25) is 5.91 Å². The van der Waals surface area contributed by atoms with E-state index in [1.807, 2.05) is 20.2 Å². The summed E-state index contributed by atoms with van der Waals surface area (Å²) in [6.45, 7) is 2.32. The lowest BCUT2D eigenvalue weighted by Crippen LogP contribution is -2.41. The number of aromatic nitrogens is 2. The summed E-state index contributed by atoms with van der Waals surface area (Å²) in [4.78, 5) is 23.9. The monoisotopic (exact) mass is 291 g/mol. The molecular weight excluding hydrogens is 270 g/mol. The fourth-order valence-corrected chi connectivity index (χ4v) is 4.15. The van der Waals surface area contributed by atoms with E-state index in [0.29, 0.717) is 6.54 Å². The van der Waals surface area contributed by atoms with Crippen molar-refractivity contribution < 1.29 is 14.7 Å². The highest BCUT2D eigenvalue weighted by atomic mass is 16.4. The van der Waals surface area contributed by atoms with Gasteiger partial charge in [-0.05, 0) is 38.0 Å². The number of carboxylic acids is 1. The molecule has 2 bridgehead atoms. The summed E-state index contributed by atoms with van der Waals surface area (Å²) in [6.07, 6.45) is 4.71. The zero-order chi connectivity index (χ0) is 15.1. The predicted molar refractivity (Wildman–Crippen MR) is 75.2 cm³/mol. The van der Waals surface area contributed by atoms with Crippen molar-refractivity contribution >= 4 is 11.9 Å². The van der Waals surface area contributed by atoms with Gasteiger partial charge in [-0.15, -0.1) is 0 Å². The van der Waals surface area contributed by atoms with Crippen LogP contribution in [0.5, 0.6) is 0 Å². The van der Waals surface area contributed by atoms with Crippen molar-refractivity contribution in [1.82, 2.24) is 15.1 Å². The van der Waals surface area contributed by atoms with Gasteiger partial charge in [0.15, 0.2) is 0 Å². The van der Waals surface area contributed by atoms with E-state index in [9.17, 15) is 14.7 Å². The third-order valence-electron chi connectivity index (χ3n) is 5.07. The molecule has 0 unspecified atom stereocenters. The third-order valence-corrected chi connectivity index (χ3v) is 5.07. The van der Waals surface area contributed by atoms with Crippen molar-refractivity contribution in [1.29, 1.82) is 0 Å². The van der Waals surface area contributed by atoms with E-state index in [-0.39, 0.29) is 23.7 Å². The Bertz CT molecular complexity index is 581. The van der Waals surface area contributed by atoms with Crippen LogP contribution in [0.15, 0.2) is 6.20 Å². The third kappa shape index (κ3) is 2.43. The molecule has 2 aliphatic rings. The number of amides is 1. The second-order valence-corrected chi connectivity index (χ2v) is 6.35. The summed E-state index contributed by atoms with van der Waals surface area (Å²) in [7, 11) is 1.84. The van der Waals surface area contributed by atoms with Gasteiger partial charge in [0, 0.05) is 25.4 Å². The molecular formula is C15H21N3O3. The number of carbonyl (C=O) groups is 2. The molecule has 3 rings (SSSR count). The highest BCUT2D eigenvalue weighted by Gasteiger charge is 2.53. The highest BCUT2D eigenvalue weighted by Crippen LogP contribution is 2.52. The minimum absolute atomic E-state index is 0.113.